The molecule has 0 aromatic carbocycles. The second-order valence-corrected chi connectivity index (χ2v) is 9.63. The number of sulfonamides is 1. The van der Waals surface area contributed by atoms with Gasteiger partial charge in [-0.25, -0.2) is 13.1 Å². The third kappa shape index (κ3) is 4.18. The fraction of sp³-hybridized carbons (Fsp3) is 0.667. The lowest BCUT2D eigenvalue weighted by molar-refractivity contribution is 0.333. The number of nitrogens with one attached hydrogen (secondary N) is 2. The second-order valence-electron chi connectivity index (χ2n) is 4.91. The summed E-state index contributed by atoms with van der Waals surface area (Å²) < 4.78 is 28.3. The van der Waals surface area contributed by atoms with Crippen LogP contribution in [0.3, 0.4) is 0 Å². The number of hydrogen-bond acceptors (Lipinski definition) is 4. The number of thiophene rings is 1. The van der Waals surface area contributed by atoms with Gasteiger partial charge in [-0.3, -0.25) is 0 Å². The van der Waals surface area contributed by atoms with E-state index in [1.165, 1.54) is 6.07 Å². The van der Waals surface area contributed by atoms with Gasteiger partial charge >= 0.3 is 0 Å². The van der Waals surface area contributed by atoms with E-state index >= 15 is 0 Å². The average Bonchev–Trinajstić information content (AvgIpc) is 2.73. The molecule has 0 spiro atoms. The Hall–Kier alpha value is 0.340. The summed E-state index contributed by atoms with van der Waals surface area (Å²) in [5.41, 5.74) is 0. The van der Waals surface area contributed by atoms with Crippen LogP contribution in [0, 0.1) is 0 Å². The number of hydrogen-bond donors (Lipinski definition) is 2. The second kappa shape index (κ2) is 7.07. The highest BCUT2D eigenvalue weighted by molar-refractivity contribution is 9.11. The van der Waals surface area contributed by atoms with Gasteiger partial charge in [0.2, 0.25) is 10.0 Å². The van der Waals surface area contributed by atoms with Crippen molar-refractivity contribution >= 4 is 48.9 Å². The molecule has 1 saturated carbocycles. The standard InChI is InChI=1S/C12H18BrClN2O2S2/c1-2-15-8-3-5-9(6-4-8)16-20(17,18)11-7-10(14)12(13)19-11/h7-9,15-16H,2-6H2,1H3. The molecule has 4 nitrogen and oxygen atoms in total. The summed E-state index contributed by atoms with van der Waals surface area (Å²) in [5, 5.41) is 3.85. The third-order valence-electron chi connectivity index (χ3n) is 3.43. The van der Waals surface area contributed by atoms with Crippen LogP contribution in [0.2, 0.25) is 5.02 Å². The molecule has 114 valence electrons. The minimum Gasteiger partial charge on any atom is -0.314 e. The molecule has 1 aromatic rings. The summed E-state index contributed by atoms with van der Waals surface area (Å²) in [6.07, 6.45) is 3.76. The zero-order valence-corrected chi connectivity index (χ0v) is 15.1. The van der Waals surface area contributed by atoms with E-state index in [1.54, 1.807) is 0 Å². The molecular weight excluding hydrogens is 384 g/mol. The lowest BCUT2D eigenvalue weighted by Crippen LogP contribution is -2.41. The lowest BCUT2D eigenvalue weighted by atomic mass is 9.92. The van der Waals surface area contributed by atoms with Gasteiger partial charge < -0.3 is 5.32 Å². The highest BCUT2D eigenvalue weighted by Gasteiger charge is 2.26. The van der Waals surface area contributed by atoms with E-state index in [1.807, 2.05) is 0 Å². The largest absolute Gasteiger partial charge is 0.314 e. The van der Waals surface area contributed by atoms with Gasteiger partial charge in [-0.1, -0.05) is 18.5 Å². The Morgan fingerprint density at radius 1 is 1.35 bits per heavy atom. The quantitative estimate of drug-likeness (QED) is 0.795. The van der Waals surface area contributed by atoms with Gasteiger partial charge in [-0.05, 0) is 54.2 Å². The van der Waals surface area contributed by atoms with Crippen molar-refractivity contribution in [3.63, 3.8) is 0 Å². The topological polar surface area (TPSA) is 58.2 Å². The molecule has 1 aliphatic carbocycles. The van der Waals surface area contributed by atoms with Crippen LogP contribution in [-0.4, -0.2) is 27.0 Å². The zero-order valence-electron chi connectivity index (χ0n) is 11.2. The smallest absolute Gasteiger partial charge is 0.250 e. The molecule has 8 heteroatoms. The Morgan fingerprint density at radius 2 is 1.95 bits per heavy atom. The van der Waals surface area contributed by atoms with Crippen LogP contribution in [0.4, 0.5) is 0 Å². The van der Waals surface area contributed by atoms with Crippen molar-refractivity contribution in [1.29, 1.82) is 0 Å². The summed E-state index contributed by atoms with van der Waals surface area (Å²) >= 11 is 10.3. The van der Waals surface area contributed by atoms with E-state index in [4.69, 9.17) is 11.6 Å². The Labute approximate surface area is 137 Å². The summed E-state index contributed by atoms with van der Waals surface area (Å²) in [6.45, 7) is 3.05. The summed E-state index contributed by atoms with van der Waals surface area (Å²) in [4.78, 5) is 0. The average molecular weight is 402 g/mol. The Balaban J connectivity index is 1.96. The predicted molar refractivity (Wildman–Crippen MR) is 87.1 cm³/mol. The van der Waals surface area contributed by atoms with Crippen molar-refractivity contribution < 1.29 is 8.42 Å². The minimum absolute atomic E-state index is 0.0227. The first-order chi connectivity index (χ1) is 9.42. The van der Waals surface area contributed by atoms with Crippen LogP contribution < -0.4 is 10.0 Å². The normalized spacial score (nSPS) is 23.9. The zero-order chi connectivity index (χ0) is 14.8. The first kappa shape index (κ1) is 16.7. The highest BCUT2D eigenvalue weighted by Crippen LogP contribution is 2.35. The van der Waals surface area contributed by atoms with Gasteiger partial charge in [0.25, 0.3) is 0 Å². The van der Waals surface area contributed by atoms with E-state index in [0.717, 1.165) is 43.6 Å². The van der Waals surface area contributed by atoms with Crippen molar-refractivity contribution in [2.45, 2.75) is 48.9 Å². The van der Waals surface area contributed by atoms with Gasteiger partial charge in [0, 0.05) is 12.1 Å². The first-order valence-corrected chi connectivity index (χ1v) is 10.1. The third-order valence-corrected chi connectivity index (χ3v) is 7.90. The fourth-order valence-electron chi connectivity index (χ4n) is 2.44. The predicted octanol–water partition coefficient (Wildman–Crippen LogP) is 3.36. The number of rotatable bonds is 5. The van der Waals surface area contributed by atoms with Crippen molar-refractivity contribution in [3.05, 3.63) is 14.9 Å². The van der Waals surface area contributed by atoms with E-state index < -0.39 is 10.0 Å². The molecular formula is C12H18BrClN2O2S2. The molecule has 0 atom stereocenters. The molecule has 1 heterocycles. The van der Waals surface area contributed by atoms with E-state index in [2.05, 4.69) is 32.9 Å². The Kier molecular flexibility index (Phi) is 5.90. The molecule has 0 amide bonds. The molecule has 1 aliphatic rings. The highest BCUT2D eigenvalue weighted by atomic mass is 79.9. The van der Waals surface area contributed by atoms with Crippen LogP contribution in [0.1, 0.15) is 32.6 Å². The van der Waals surface area contributed by atoms with Crippen LogP contribution in [0.25, 0.3) is 0 Å². The fourth-order valence-corrected chi connectivity index (χ4v) is 6.16. The van der Waals surface area contributed by atoms with Crippen LogP contribution >= 0.6 is 38.9 Å². The lowest BCUT2D eigenvalue weighted by Gasteiger charge is -2.29. The SMILES string of the molecule is CCNC1CCC(NS(=O)(=O)c2cc(Cl)c(Br)s2)CC1. The Bertz CT molecular complexity index is 534. The summed E-state index contributed by atoms with van der Waals surface area (Å²) in [6, 6.07) is 2.03. The van der Waals surface area contributed by atoms with E-state index in [-0.39, 0.29) is 10.3 Å². The first-order valence-electron chi connectivity index (χ1n) is 6.63. The molecule has 1 fully saturated rings. The van der Waals surface area contributed by atoms with Gasteiger partial charge in [-0.2, -0.15) is 0 Å². The van der Waals surface area contributed by atoms with Crippen LogP contribution in [0.5, 0.6) is 0 Å². The van der Waals surface area contributed by atoms with Crippen molar-refractivity contribution in [3.8, 4) is 0 Å². The van der Waals surface area contributed by atoms with Crippen molar-refractivity contribution in [2.24, 2.45) is 0 Å². The monoisotopic (exact) mass is 400 g/mol. The molecule has 0 aliphatic heterocycles. The van der Waals surface area contributed by atoms with E-state index in [0.29, 0.717) is 14.9 Å². The van der Waals surface area contributed by atoms with Gasteiger partial charge in [0.15, 0.2) is 0 Å². The summed E-state index contributed by atoms with van der Waals surface area (Å²) in [5.74, 6) is 0. The molecule has 0 saturated heterocycles. The van der Waals surface area contributed by atoms with Gasteiger partial charge in [0.1, 0.15) is 4.21 Å². The molecule has 0 radical (unpaired) electrons. The summed E-state index contributed by atoms with van der Waals surface area (Å²) in [7, 11) is -3.46. The molecule has 1 aromatic heterocycles. The minimum atomic E-state index is -3.46. The van der Waals surface area contributed by atoms with Crippen molar-refractivity contribution in [2.75, 3.05) is 6.54 Å². The van der Waals surface area contributed by atoms with Gasteiger partial charge in [0.05, 0.1) is 8.81 Å². The van der Waals surface area contributed by atoms with Crippen LogP contribution in [-0.2, 0) is 10.0 Å². The molecule has 0 unspecified atom stereocenters. The van der Waals surface area contributed by atoms with Crippen molar-refractivity contribution in [1.82, 2.24) is 10.0 Å². The van der Waals surface area contributed by atoms with Crippen LogP contribution in [0.15, 0.2) is 14.1 Å². The van der Waals surface area contributed by atoms with Gasteiger partial charge in [-0.15, -0.1) is 11.3 Å². The Morgan fingerprint density at radius 3 is 2.45 bits per heavy atom. The molecule has 20 heavy (non-hydrogen) atoms. The molecule has 0 bridgehead atoms. The maximum Gasteiger partial charge on any atom is 0.250 e. The molecule has 2 N–H and O–H groups in total. The van der Waals surface area contributed by atoms with E-state index in [9.17, 15) is 8.42 Å². The maximum atomic E-state index is 12.3. The maximum absolute atomic E-state index is 12.3. The molecule has 2 rings (SSSR count). The number of halogens is 2.